The Hall–Kier alpha value is -3.65. The van der Waals surface area contributed by atoms with E-state index in [9.17, 15) is 18.0 Å². The first-order valence-corrected chi connectivity index (χ1v) is 12.3. The number of nitrogens with one attached hydrogen (secondary N) is 1. The lowest BCUT2D eigenvalue weighted by Gasteiger charge is -2.24. The molecule has 7 nitrogen and oxygen atoms in total. The molecule has 34 heavy (non-hydrogen) atoms. The fourth-order valence-corrected chi connectivity index (χ4v) is 5.11. The Morgan fingerprint density at radius 3 is 2.26 bits per heavy atom. The molecule has 0 unspecified atom stereocenters. The Labute approximate surface area is 200 Å². The minimum absolute atomic E-state index is 0.0106. The van der Waals surface area contributed by atoms with Crippen molar-refractivity contribution in [2.45, 2.75) is 32.2 Å². The zero-order valence-electron chi connectivity index (χ0n) is 19.4. The van der Waals surface area contributed by atoms with Crippen LogP contribution in [0.4, 0.5) is 5.69 Å². The average Bonchev–Trinajstić information content (AvgIpc) is 2.83. The smallest absolute Gasteiger partial charge is 0.338 e. The number of aryl methyl sites for hydroxylation is 2. The number of benzene rings is 3. The molecule has 0 aliphatic heterocycles. The van der Waals surface area contributed by atoms with Crippen LogP contribution in [0.25, 0.3) is 0 Å². The zero-order valence-corrected chi connectivity index (χ0v) is 20.3. The maximum Gasteiger partial charge on any atom is 0.338 e. The number of rotatable bonds is 9. The molecule has 3 aromatic rings. The van der Waals surface area contributed by atoms with Crippen LogP contribution in [0.1, 0.15) is 34.0 Å². The third-order valence-electron chi connectivity index (χ3n) is 5.27. The summed E-state index contributed by atoms with van der Waals surface area (Å²) in [5, 5.41) is 2.69. The van der Waals surface area contributed by atoms with E-state index in [4.69, 9.17) is 4.74 Å². The van der Waals surface area contributed by atoms with Crippen molar-refractivity contribution in [3.63, 3.8) is 0 Å². The molecule has 8 heteroatoms. The van der Waals surface area contributed by atoms with Crippen molar-refractivity contribution in [2.75, 3.05) is 17.5 Å². The highest BCUT2D eigenvalue weighted by Gasteiger charge is 2.26. The highest BCUT2D eigenvalue weighted by Crippen LogP contribution is 2.26. The SMILES string of the molecule is CCN(c1ccccc1)S(=O)(=O)c1cc(C(=O)OCC(=O)NCc2ccc(C)cc2)ccc1C. The molecule has 0 saturated carbocycles. The second-order valence-corrected chi connectivity index (χ2v) is 9.65. The van der Waals surface area contributed by atoms with Crippen molar-refractivity contribution in [2.24, 2.45) is 0 Å². The van der Waals surface area contributed by atoms with Crippen LogP contribution in [-0.2, 0) is 26.1 Å². The molecule has 3 rings (SSSR count). The Bertz CT molecular complexity index is 1260. The van der Waals surface area contributed by atoms with E-state index in [1.807, 2.05) is 37.3 Å². The Morgan fingerprint density at radius 1 is 0.941 bits per heavy atom. The molecule has 0 saturated heterocycles. The average molecular weight is 481 g/mol. The van der Waals surface area contributed by atoms with Crippen LogP contribution < -0.4 is 9.62 Å². The van der Waals surface area contributed by atoms with Gasteiger partial charge in [0, 0.05) is 13.1 Å². The van der Waals surface area contributed by atoms with E-state index in [2.05, 4.69) is 5.32 Å². The van der Waals surface area contributed by atoms with Gasteiger partial charge in [-0.25, -0.2) is 13.2 Å². The summed E-state index contributed by atoms with van der Waals surface area (Å²) in [5.41, 5.74) is 3.14. The largest absolute Gasteiger partial charge is 0.452 e. The Balaban J connectivity index is 1.69. The van der Waals surface area contributed by atoms with Crippen LogP contribution in [-0.4, -0.2) is 33.4 Å². The molecule has 0 radical (unpaired) electrons. The second-order valence-electron chi connectivity index (χ2n) is 7.82. The van der Waals surface area contributed by atoms with E-state index >= 15 is 0 Å². The van der Waals surface area contributed by atoms with E-state index in [-0.39, 0.29) is 17.0 Å². The summed E-state index contributed by atoms with van der Waals surface area (Å²) in [6, 6.07) is 20.8. The number of hydrogen-bond donors (Lipinski definition) is 1. The van der Waals surface area contributed by atoms with E-state index < -0.39 is 28.5 Å². The highest BCUT2D eigenvalue weighted by atomic mass is 32.2. The predicted molar refractivity (Wildman–Crippen MR) is 131 cm³/mol. The molecule has 3 aromatic carbocycles. The third-order valence-corrected chi connectivity index (χ3v) is 7.31. The molecule has 1 amide bonds. The molecule has 1 N–H and O–H groups in total. The van der Waals surface area contributed by atoms with Crippen molar-refractivity contribution in [3.8, 4) is 0 Å². The number of ether oxygens (including phenoxy) is 1. The number of sulfonamides is 1. The lowest BCUT2D eigenvalue weighted by molar-refractivity contribution is -0.124. The zero-order chi connectivity index (χ0) is 24.7. The highest BCUT2D eigenvalue weighted by molar-refractivity contribution is 7.92. The minimum atomic E-state index is -3.92. The van der Waals surface area contributed by atoms with Gasteiger partial charge < -0.3 is 10.1 Å². The first-order valence-electron chi connectivity index (χ1n) is 10.9. The van der Waals surface area contributed by atoms with Gasteiger partial charge in [0.05, 0.1) is 16.1 Å². The maximum atomic E-state index is 13.4. The van der Waals surface area contributed by atoms with E-state index in [0.29, 0.717) is 17.8 Å². The molecule has 0 atom stereocenters. The summed E-state index contributed by atoms with van der Waals surface area (Å²) in [5.74, 6) is -1.22. The van der Waals surface area contributed by atoms with Gasteiger partial charge in [0.1, 0.15) is 0 Å². The number of nitrogens with zero attached hydrogens (tertiary/aromatic N) is 1. The van der Waals surface area contributed by atoms with Crippen LogP contribution in [0.15, 0.2) is 77.7 Å². The van der Waals surface area contributed by atoms with Crippen LogP contribution in [0.2, 0.25) is 0 Å². The van der Waals surface area contributed by atoms with E-state index in [1.54, 1.807) is 44.2 Å². The van der Waals surface area contributed by atoms with Gasteiger partial charge in [-0.3, -0.25) is 9.10 Å². The van der Waals surface area contributed by atoms with Gasteiger partial charge >= 0.3 is 5.97 Å². The number of para-hydroxylation sites is 1. The lowest BCUT2D eigenvalue weighted by Crippen LogP contribution is -2.31. The first-order chi connectivity index (χ1) is 16.2. The van der Waals surface area contributed by atoms with Crippen LogP contribution in [0, 0.1) is 13.8 Å². The monoisotopic (exact) mass is 480 g/mol. The molecule has 0 aromatic heterocycles. The fraction of sp³-hybridized carbons (Fsp3) is 0.231. The molecule has 178 valence electrons. The van der Waals surface area contributed by atoms with Gasteiger partial charge in [-0.15, -0.1) is 0 Å². The molecule has 0 bridgehead atoms. The molecule has 0 fully saturated rings. The second kappa shape index (κ2) is 11.0. The molecule has 0 aliphatic rings. The van der Waals surface area contributed by atoms with Crippen molar-refractivity contribution in [3.05, 3.63) is 95.1 Å². The minimum Gasteiger partial charge on any atom is -0.452 e. The standard InChI is InChI=1S/C26H28N2O5S/c1-4-28(23-8-6-5-7-9-23)34(31,32)24-16-22(15-12-20(24)3)26(30)33-18-25(29)27-17-21-13-10-19(2)11-14-21/h5-16H,4,17-18H2,1-3H3,(H,27,29). The summed E-state index contributed by atoms with van der Waals surface area (Å²) < 4.78 is 33.2. The summed E-state index contributed by atoms with van der Waals surface area (Å²) in [4.78, 5) is 24.7. The lowest BCUT2D eigenvalue weighted by atomic mass is 10.1. The van der Waals surface area contributed by atoms with Gasteiger partial charge in [-0.2, -0.15) is 0 Å². The number of anilines is 1. The number of hydrogen-bond acceptors (Lipinski definition) is 5. The van der Waals surface area contributed by atoms with Crippen LogP contribution in [0.3, 0.4) is 0 Å². The summed E-state index contributed by atoms with van der Waals surface area (Å²) in [7, 11) is -3.92. The Morgan fingerprint density at radius 2 is 1.62 bits per heavy atom. The molecule has 0 aliphatic carbocycles. The molecular weight excluding hydrogens is 452 g/mol. The summed E-state index contributed by atoms with van der Waals surface area (Å²) in [6.07, 6.45) is 0. The topological polar surface area (TPSA) is 92.8 Å². The third kappa shape index (κ3) is 6.02. The van der Waals surface area contributed by atoms with Gasteiger partial charge in [0.2, 0.25) is 0 Å². The first kappa shape index (κ1) is 25.0. The number of carbonyl (C=O) groups excluding carboxylic acids is 2. The normalized spacial score (nSPS) is 11.0. The molecular formula is C26H28N2O5S. The number of amides is 1. The van der Waals surface area contributed by atoms with E-state index in [0.717, 1.165) is 11.1 Å². The van der Waals surface area contributed by atoms with Crippen molar-refractivity contribution >= 4 is 27.6 Å². The van der Waals surface area contributed by atoms with Gasteiger partial charge in [0.25, 0.3) is 15.9 Å². The number of esters is 1. The van der Waals surface area contributed by atoms with Crippen molar-refractivity contribution < 1.29 is 22.7 Å². The van der Waals surface area contributed by atoms with Crippen molar-refractivity contribution in [1.82, 2.24) is 5.32 Å². The fourth-order valence-electron chi connectivity index (χ4n) is 3.38. The predicted octanol–water partition coefficient (Wildman–Crippen LogP) is 3.99. The van der Waals surface area contributed by atoms with Crippen LogP contribution in [0.5, 0.6) is 0 Å². The van der Waals surface area contributed by atoms with Gasteiger partial charge in [-0.1, -0.05) is 54.1 Å². The molecule has 0 spiro atoms. The quantitative estimate of drug-likeness (QED) is 0.468. The molecule has 0 heterocycles. The summed E-state index contributed by atoms with van der Waals surface area (Å²) >= 11 is 0. The Kier molecular flexibility index (Phi) is 8.07. The number of carbonyl (C=O) groups is 2. The van der Waals surface area contributed by atoms with E-state index in [1.165, 1.54) is 16.4 Å². The van der Waals surface area contributed by atoms with Crippen LogP contribution >= 0.6 is 0 Å². The summed E-state index contributed by atoms with van der Waals surface area (Å²) in [6.45, 7) is 5.46. The van der Waals surface area contributed by atoms with Crippen molar-refractivity contribution in [1.29, 1.82) is 0 Å². The maximum absolute atomic E-state index is 13.4. The van der Waals surface area contributed by atoms with Gasteiger partial charge in [-0.05, 0) is 56.2 Å². The van der Waals surface area contributed by atoms with Gasteiger partial charge in [0.15, 0.2) is 6.61 Å².